The van der Waals surface area contributed by atoms with Gasteiger partial charge in [0.25, 0.3) is 0 Å². The van der Waals surface area contributed by atoms with Crippen LogP contribution in [0.15, 0.2) is 72.9 Å². The molecule has 7 nitrogen and oxygen atoms in total. The Bertz CT molecular complexity index is 888. The van der Waals surface area contributed by atoms with Gasteiger partial charge < -0.3 is 20.5 Å². The average Bonchev–Trinajstić information content (AvgIpc) is 2.93. The summed E-state index contributed by atoms with van der Waals surface area (Å²) in [6.45, 7) is 5.87. The summed E-state index contributed by atoms with van der Waals surface area (Å²) in [5.41, 5.74) is -0.980. The van der Waals surface area contributed by atoms with Crippen LogP contribution in [0.4, 0.5) is 0 Å². The molecular weight excluding hydrogens is 524 g/mol. The van der Waals surface area contributed by atoms with Gasteiger partial charge in [-0.3, -0.25) is 14.4 Å². The second-order valence-corrected chi connectivity index (χ2v) is 10.2. The molecule has 0 fully saturated rings. The van der Waals surface area contributed by atoms with E-state index in [1.807, 2.05) is 12.2 Å². The normalized spacial score (nSPS) is 13.4. The molecule has 0 saturated carbocycles. The maximum absolute atomic E-state index is 12.2. The Balaban J connectivity index is 4.03. The summed E-state index contributed by atoms with van der Waals surface area (Å²) in [6, 6.07) is 0. The predicted octanol–water partition coefficient (Wildman–Crippen LogP) is 5.56. The van der Waals surface area contributed by atoms with Crippen LogP contribution in [0.2, 0.25) is 0 Å². The van der Waals surface area contributed by atoms with Crippen LogP contribution in [0.3, 0.4) is 0 Å². The lowest BCUT2D eigenvalue weighted by molar-refractivity contribution is -0.152. The van der Waals surface area contributed by atoms with E-state index < -0.39 is 23.4 Å². The maximum Gasteiger partial charge on any atom is 0.309 e. The number of amides is 2. The number of allylic oxidation sites excluding steroid dienone is 11. The van der Waals surface area contributed by atoms with Crippen molar-refractivity contribution in [1.82, 2.24) is 10.6 Å². The molecule has 1 atom stereocenters. The quantitative estimate of drug-likeness (QED) is 0.0770. The van der Waals surface area contributed by atoms with Gasteiger partial charge in [0.2, 0.25) is 11.8 Å². The van der Waals surface area contributed by atoms with Crippen molar-refractivity contribution >= 4 is 30.4 Å². The van der Waals surface area contributed by atoms with Crippen LogP contribution in [0.25, 0.3) is 0 Å². The van der Waals surface area contributed by atoms with E-state index in [-0.39, 0.29) is 31.9 Å². The number of rotatable bonds is 22. The zero-order chi connectivity index (χ0) is 29.9. The fourth-order valence-electron chi connectivity index (χ4n) is 3.14. The summed E-state index contributed by atoms with van der Waals surface area (Å²) in [7, 11) is 0. The summed E-state index contributed by atoms with van der Waals surface area (Å²) < 4.78 is 5.26. The number of ether oxygens (including phenoxy) is 1. The van der Waals surface area contributed by atoms with Crippen LogP contribution in [0, 0.1) is 5.41 Å². The van der Waals surface area contributed by atoms with Gasteiger partial charge in [-0.25, -0.2) is 0 Å². The van der Waals surface area contributed by atoms with Gasteiger partial charge in [0, 0.05) is 30.7 Å². The molecule has 0 rings (SSSR count). The first-order valence-corrected chi connectivity index (χ1v) is 14.8. The molecule has 2 amide bonds. The third kappa shape index (κ3) is 22.0. The molecule has 0 bridgehead atoms. The van der Waals surface area contributed by atoms with Crippen molar-refractivity contribution in [2.45, 2.75) is 78.2 Å². The molecule has 0 aliphatic rings. The zero-order valence-corrected chi connectivity index (χ0v) is 25.4. The van der Waals surface area contributed by atoms with Gasteiger partial charge in [-0.15, -0.1) is 0 Å². The van der Waals surface area contributed by atoms with Gasteiger partial charge in [-0.05, 0) is 38.5 Å². The molecule has 0 aromatic heterocycles. The molecule has 40 heavy (non-hydrogen) atoms. The predicted molar refractivity (Wildman–Crippen MR) is 168 cm³/mol. The molecule has 3 N–H and O–H groups in total. The number of nitrogens with one attached hydrogen (secondary N) is 2. The van der Waals surface area contributed by atoms with Crippen LogP contribution in [0.1, 0.15) is 72.1 Å². The van der Waals surface area contributed by atoms with E-state index in [1.165, 1.54) is 0 Å². The minimum atomic E-state index is -1.38. The van der Waals surface area contributed by atoms with Crippen molar-refractivity contribution < 1.29 is 24.2 Å². The van der Waals surface area contributed by atoms with Crippen LogP contribution in [-0.4, -0.2) is 54.4 Å². The standard InChI is InChI=1S/C32H50N2O5S/c1-4-5-6-7-8-9-10-11-12-13-14-15-16-17-18-19-20-21-22-29(36)39-27-32(2,3)30(37)31(38)34-24-23-28(35)33-25-26-40/h5-6,8-9,11-12,14-15,17-18,20-21,30,37,40H,4,7,10,13,16,19,22-27H2,1-3H3,(H,33,35)(H,34,38)/t30-/m0/s1. The average molecular weight is 575 g/mol. The Hall–Kier alpha value is -2.84. The third-order valence-corrected chi connectivity index (χ3v) is 5.78. The third-order valence-electron chi connectivity index (χ3n) is 5.56. The Labute approximate surface area is 247 Å². The maximum atomic E-state index is 12.2. The van der Waals surface area contributed by atoms with Crippen molar-refractivity contribution in [3.05, 3.63) is 72.9 Å². The molecule has 0 spiro atoms. The van der Waals surface area contributed by atoms with Gasteiger partial charge in [0.1, 0.15) is 6.10 Å². The van der Waals surface area contributed by atoms with E-state index in [2.05, 4.69) is 84.9 Å². The highest BCUT2D eigenvalue weighted by Crippen LogP contribution is 2.21. The second-order valence-electron chi connectivity index (χ2n) is 9.79. The topological polar surface area (TPSA) is 105 Å². The molecule has 0 heterocycles. The van der Waals surface area contributed by atoms with Crippen LogP contribution < -0.4 is 10.6 Å². The number of esters is 1. The van der Waals surface area contributed by atoms with Crippen LogP contribution in [-0.2, 0) is 19.1 Å². The summed E-state index contributed by atoms with van der Waals surface area (Å²) in [5, 5.41) is 15.5. The SMILES string of the molecule is CCC=CCC=CCC=CCC=CCC=CCC=CCC(=O)OCC(C)(C)[C@@H](O)C(=O)NCCC(=O)NCCS. The second kappa shape index (κ2) is 25.1. The van der Waals surface area contributed by atoms with Crippen molar-refractivity contribution in [2.75, 3.05) is 25.4 Å². The van der Waals surface area contributed by atoms with Crippen molar-refractivity contribution in [3.63, 3.8) is 0 Å². The first kappa shape index (κ1) is 37.2. The lowest BCUT2D eigenvalue weighted by Crippen LogP contribution is -2.47. The Morgan fingerprint density at radius 1 is 0.775 bits per heavy atom. The van der Waals surface area contributed by atoms with E-state index in [0.717, 1.165) is 38.5 Å². The highest BCUT2D eigenvalue weighted by Gasteiger charge is 2.34. The molecule has 0 aromatic rings. The Morgan fingerprint density at radius 3 is 1.73 bits per heavy atom. The molecular formula is C32H50N2O5S. The molecule has 224 valence electrons. The number of aliphatic hydroxyl groups excluding tert-OH is 1. The van der Waals surface area contributed by atoms with E-state index in [9.17, 15) is 19.5 Å². The number of thiol groups is 1. The first-order valence-electron chi connectivity index (χ1n) is 14.1. The molecule has 8 heteroatoms. The van der Waals surface area contributed by atoms with Crippen molar-refractivity contribution in [3.8, 4) is 0 Å². The number of carbonyl (C=O) groups is 3. The van der Waals surface area contributed by atoms with Gasteiger partial charge >= 0.3 is 5.97 Å². The highest BCUT2D eigenvalue weighted by atomic mass is 32.1. The first-order chi connectivity index (χ1) is 19.2. The van der Waals surface area contributed by atoms with Gasteiger partial charge in [0.15, 0.2) is 0 Å². The van der Waals surface area contributed by atoms with E-state index in [0.29, 0.717) is 12.3 Å². The van der Waals surface area contributed by atoms with Gasteiger partial charge in [0.05, 0.1) is 13.0 Å². The lowest BCUT2D eigenvalue weighted by atomic mass is 9.87. The number of hydrogen-bond acceptors (Lipinski definition) is 6. The van der Waals surface area contributed by atoms with E-state index >= 15 is 0 Å². The fourth-order valence-corrected chi connectivity index (χ4v) is 3.25. The summed E-state index contributed by atoms with van der Waals surface area (Å²) in [5.74, 6) is -0.711. The van der Waals surface area contributed by atoms with Gasteiger partial charge in [-0.2, -0.15) is 12.6 Å². The van der Waals surface area contributed by atoms with E-state index in [4.69, 9.17) is 4.74 Å². The highest BCUT2D eigenvalue weighted by molar-refractivity contribution is 7.80. The molecule has 0 aliphatic carbocycles. The number of hydrogen-bond donors (Lipinski definition) is 4. The number of carbonyl (C=O) groups excluding carboxylic acids is 3. The summed E-state index contributed by atoms with van der Waals surface area (Å²) >= 11 is 4.01. The largest absolute Gasteiger partial charge is 0.465 e. The molecule has 0 saturated heterocycles. The van der Waals surface area contributed by atoms with Crippen molar-refractivity contribution in [2.24, 2.45) is 5.41 Å². The summed E-state index contributed by atoms with van der Waals surface area (Å²) in [4.78, 5) is 35.8. The molecule has 0 aliphatic heterocycles. The lowest BCUT2D eigenvalue weighted by Gasteiger charge is -2.28. The van der Waals surface area contributed by atoms with Crippen LogP contribution >= 0.6 is 12.6 Å². The smallest absolute Gasteiger partial charge is 0.309 e. The molecule has 0 aromatic carbocycles. The van der Waals surface area contributed by atoms with Crippen LogP contribution in [0.5, 0.6) is 0 Å². The fraction of sp³-hybridized carbons (Fsp3) is 0.531. The summed E-state index contributed by atoms with van der Waals surface area (Å²) in [6.07, 6.45) is 29.5. The molecule has 0 radical (unpaired) electrons. The Kier molecular flexibility index (Phi) is 23.4. The van der Waals surface area contributed by atoms with E-state index in [1.54, 1.807) is 19.9 Å². The number of aliphatic hydroxyl groups is 1. The van der Waals surface area contributed by atoms with Gasteiger partial charge in [-0.1, -0.05) is 93.7 Å². The van der Waals surface area contributed by atoms with Crippen molar-refractivity contribution in [1.29, 1.82) is 0 Å². The minimum Gasteiger partial charge on any atom is -0.465 e. The molecule has 0 unspecified atom stereocenters. The monoisotopic (exact) mass is 574 g/mol. The minimum absolute atomic E-state index is 0.104. The Morgan fingerprint density at radius 2 is 1.25 bits per heavy atom. The zero-order valence-electron chi connectivity index (χ0n) is 24.5.